The first-order valence-electron chi connectivity index (χ1n) is 7.27. The molecule has 0 N–H and O–H groups in total. The molecule has 106 valence electrons. The largest absolute Gasteiger partial charge is 0.301 e. The summed E-state index contributed by atoms with van der Waals surface area (Å²) in [4.78, 5) is 14.3. The van der Waals surface area contributed by atoms with Gasteiger partial charge in [0, 0.05) is 44.2 Å². The summed E-state index contributed by atoms with van der Waals surface area (Å²) in [5, 5.41) is 4.18. The molecule has 2 atom stereocenters. The zero-order valence-electron chi connectivity index (χ0n) is 12.3. The van der Waals surface area contributed by atoms with Crippen LogP contribution in [0.3, 0.4) is 0 Å². The highest BCUT2D eigenvalue weighted by Crippen LogP contribution is 2.29. The van der Waals surface area contributed by atoms with E-state index in [0.29, 0.717) is 5.78 Å². The molecule has 4 nitrogen and oxygen atoms in total. The minimum Gasteiger partial charge on any atom is -0.301 e. The van der Waals surface area contributed by atoms with Crippen molar-refractivity contribution >= 4 is 5.78 Å². The predicted molar refractivity (Wildman–Crippen MR) is 75.7 cm³/mol. The Kier molecular flexibility index (Phi) is 4.75. The highest BCUT2D eigenvalue weighted by molar-refractivity contribution is 5.81. The van der Waals surface area contributed by atoms with Crippen molar-refractivity contribution in [3.63, 3.8) is 0 Å². The van der Waals surface area contributed by atoms with E-state index in [-0.39, 0.29) is 5.92 Å². The molecule has 1 aromatic heterocycles. The Morgan fingerprint density at radius 3 is 2.95 bits per heavy atom. The summed E-state index contributed by atoms with van der Waals surface area (Å²) in [6, 6.07) is 0. The number of Topliss-reactive ketones (excluding diaryl/α,β-unsaturated/α-hetero) is 1. The first kappa shape index (κ1) is 14.3. The van der Waals surface area contributed by atoms with Crippen molar-refractivity contribution in [3.8, 4) is 0 Å². The SMILES string of the molecule is CCC1CCC(=O)C(CN(C)Cc2cnn(C)c2)C1. The fourth-order valence-electron chi connectivity index (χ4n) is 3.06. The Labute approximate surface area is 115 Å². The lowest BCUT2D eigenvalue weighted by Crippen LogP contribution is -2.34. The molecule has 1 aromatic rings. The van der Waals surface area contributed by atoms with E-state index < -0.39 is 0 Å². The van der Waals surface area contributed by atoms with Gasteiger partial charge in [-0.15, -0.1) is 0 Å². The van der Waals surface area contributed by atoms with Crippen LogP contribution in [0, 0.1) is 11.8 Å². The van der Waals surface area contributed by atoms with Crippen molar-refractivity contribution in [1.82, 2.24) is 14.7 Å². The predicted octanol–water partition coefficient (Wildman–Crippen LogP) is 2.25. The molecule has 1 heterocycles. The molecule has 1 aliphatic carbocycles. The molecule has 0 bridgehead atoms. The number of nitrogens with zero attached hydrogens (tertiary/aromatic N) is 3. The van der Waals surface area contributed by atoms with Gasteiger partial charge in [0.1, 0.15) is 5.78 Å². The molecule has 2 unspecified atom stereocenters. The molecule has 0 aromatic carbocycles. The van der Waals surface area contributed by atoms with Crippen molar-refractivity contribution in [2.24, 2.45) is 18.9 Å². The zero-order valence-corrected chi connectivity index (χ0v) is 12.3. The van der Waals surface area contributed by atoms with Gasteiger partial charge in [0.15, 0.2) is 0 Å². The van der Waals surface area contributed by atoms with Crippen LogP contribution in [0.15, 0.2) is 12.4 Å². The van der Waals surface area contributed by atoms with E-state index in [0.717, 1.165) is 38.3 Å². The number of hydrogen-bond acceptors (Lipinski definition) is 3. The van der Waals surface area contributed by atoms with Gasteiger partial charge >= 0.3 is 0 Å². The molecule has 1 saturated carbocycles. The third-order valence-corrected chi connectivity index (χ3v) is 4.19. The molecule has 1 fully saturated rings. The normalized spacial score (nSPS) is 24.1. The van der Waals surface area contributed by atoms with Gasteiger partial charge in [0.2, 0.25) is 0 Å². The van der Waals surface area contributed by atoms with Crippen molar-refractivity contribution in [2.45, 2.75) is 39.2 Å². The van der Waals surface area contributed by atoms with Gasteiger partial charge in [-0.3, -0.25) is 9.48 Å². The van der Waals surface area contributed by atoms with E-state index in [9.17, 15) is 4.79 Å². The maximum Gasteiger partial charge on any atom is 0.137 e. The number of carbonyl (C=O) groups is 1. The van der Waals surface area contributed by atoms with Crippen LogP contribution in [-0.4, -0.2) is 34.1 Å². The summed E-state index contributed by atoms with van der Waals surface area (Å²) in [7, 11) is 4.02. The minimum atomic E-state index is 0.236. The van der Waals surface area contributed by atoms with E-state index in [1.54, 1.807) is 0 Å². The Balaban J connectivity index is 1.86. The first-order valence-corrected chi connectivity index (χ1v) is 7.27. The first-order chi connectivity index (χ1) is 9.08. The number of aryl methyl sites for hydroxylation is 1. The maximum absolute atomic E-state index is 12.0. The molecule has 0 radical (unpaired) electrons. The third kappa shape index (κ3) is 3.90. The number of rotatable bonds is 5. The summed E-state index contributed by atoms with van der Waals surface area (Å²) in [6.07, 6.45) is 8.09. The summed E-state index contributed by atoms with van der Waals surface area (Å²) in [5.74, 6) is 1.44. The van der Waals surface area contributed by atoms with Gasteiger partial charge in [-0.1, -0.05) is 13.3 Å². The second kappa shape index (κ2) is 6.33. The number of ketones is 1. The van der Waals surface area contributed by atoms with Crippen LogP contribution in [0.1, 0.15) is 38.2 Å². The van der Waals surface area contributed by atoms with Crippen molar-refractivity contribution in [1.29, 1.82) is 0 Å². The second-order valence-electron chi connectivity index (χ2n) is 5.93. The summed E-state index contributed by atoms with van der Waals surface area (Å²) >= 11 is 0. The summed E-state index contributed by atoms with van der Waals surface area (Å²) < 4.78 is 1.82. The van der Waals surface area contributed by atoms with Crippen LogP contribution in [0.5, 0.6) is 0 Å². The lowest BCUT2D eigenvalue weighted by atomic mass is 9.79. The molecule has 0 amide bonds. The fraction of sp³-hybridized carbons (Fsp3) is 0.733. The standard InChI is InChI=1S/C15H25N3O/c1-4-12-5-6-15(19)14(7-12)11-17(2)9-13-8-16-18(3)10-13/h8,10,12,14H,4-7,9,11H2,1-3H3. The lowest BCUT2D eigenvalue weighted by Gasteiger charge is -2.30. The number of carbonyl (C=O) groups excluding carboxylic acids is 1. The maximum atomic E-state index is 12.0. The van der Waals surface area contributed by atoms with Crippen LogP contribution in [0.25, 0.3) is 0 Å². The van der Waals surface area contributed by atoms with Gasteiger partial charge < -0.3 is 4.90 Å². The average Bonchev–Trinajstić information content (AvgIpc) is 2.77. The smallest absolute Gasteiger partial charge is 0.137 e. The molecule has 0 aliphatic heterocycles. The quantitative estimate of drug-likeness (QED) is 0.818. The summed E-state index contributed by atoms with van der Waals surface area (Å²) in [5.41, 5.74) is 1.21. The lowest BCUT2D eigenvalue weighted by molar-refractivity contribution is -0.126. The number of hydrogen-bond donors (Lipinski definition) is 0. The van der Waals surface area contributed by atoms with Crippen molar-refractivity contribution < 1.29 is 4.79 Å². The monoisotopic (exact) mass is 263 g/mol. The van der Waals surface area contributed by atoms with E-state index in [2.05, 4.69) is 24.0 Å². The van der Waals surface area contributed by atoms with E-state index in [4.69, 9.17) is 0 Å². The van der Waals surface area contributed by atoms with Gasteiger partial charge in [-0.2, -0.15) is 5.10 Å². The van der Waals surface area contributed by atoms with Crippen LogP contribution in [-0.2, 0) is 18.4 Å². The van der Waals surface area contributed by atoms with Crippen LogP contribution < -0.4 is 0 Å². The number of aromatic nitrogens is 2. The Hall–Kier alpha value is -1.16. The highest BCUT2D eigenvalue weighted by Gasteiger charge is 2.28. The summed E-state index contributed by atoms with van der Waals surface area (Å²) in [6.45, 7) is 3.98. The molecule has 0 spiro atoms. The van der Waals surface area contributed by atoms with Crippen molar-refractivity contribution in [2.75, 3.05) is 13.6 Å². The topological polar surface area (TPSA) is 38.1 Å². The van der Waals surface area contributed by atoms with Crippen LogP contribution >= 0.6 is 0 Å². The molecule has 19 heavy (non-hydrogen) atoms. The Morgan fingerprint density at radius 1 is 1.53 bits per heavy atom. The molecular weight excluding hydrogens is 238 g/mol. The highest BCUT2D eigenvalue weighted by atomic mass is 16.1. The average molecular weight is 263 g/mol. The minimum absolute atomic E-state index is 0.236. The van der Waals surface area contributed by atoms with E-state index in [1.807, 2.05) is 24.1 Å². The van der Waals surface area contributed by atoms with Crippen molar-refractivity contribution in [3.05, 3.63) is 18.0 Å². The van der Waals surface area contributed by atoms with Gasteiger partial charge in [0.05, 0.1) is 6.20 Å². The van der Waals surface area contributed by atoms with Crippen LogP contribution in [0.4, 0.5) is 0 Å². The molecule has 0 saturated heterocycles. The third-order valence-electron chi connectivity index (χ3n) is 4.19. The van der Waals surface area contributed by atoms with E-state index >= 15 is 0 Å². The van der Waals surface area contributed by atoms with Crippen LogP contribution in [0.2, 0.25) is 0 Å². The molecule has 4 heteroatoms. The second-order valence-corrected chi connectivity index (χ2v) is 5.93. The Morgan fingerprint density at radius 2 is 2.32 bits per heavy atom. The van der Waals surface area contributed by atoms with E-state index in [1.165, 1.54) is 12.0 Å². The van der Waals surface area contributed by atoms with Gasteiger partial charge in [-0.25, -0.2) is 0 Å². The zero-order chi connectivity index (χ0) is 13.8. The Bertz CT molecular complexity index is 427. The molecular formula is C15H25N3O. The van der Waals surface area contributed by atoms with Gasteiger partial charge in [-0.05, 0) is 25.8 Å². The molecule has 2 rings (SSSR count). The fourth-order valence-corrected chi connectivity index (χ4v) is 3.06. The van der Waals surface area contributed by atoms with Gasteiger partial charge in [0.25, 0.3) is 0 Å². The molecule has 1 aliphatic rings.